The van der Waals surface area contributed by atoms with Gasteiger partial charge in [0, 0.05) is 32.0 Å². The molecule has 0 spiro atoms. The summed E-state index contributed by atoms with van der Waals surface area (Å²) in [5.41, 5.74) is 0.198. The van der Waals surface area contributed by atoms with Gasteiger partial charge in [-0.1, -0.05) is 12.1 Å². The molecule has 0 aliphatic carbocycles. The van der Waals surface area contributed by atoms with Crippen LogP contribution in [0.2, 0.25) is 0 Å². The number of benzene rings is 1. The lowest BCUT2D eigenvalue weighted by Gasteiger charge is -2.14. The first-order chi connectivity index (χ1) is 10.8. The normalized spacial score (nSPS) is 11.0. The van der Waals surface area contributed by atoms with Gasteiger partial charge in [-0.15, -0.1) is 13.2 Å². The molecule has 0 unspecified atom stereocenters. The number of aromatic nitrogens is 1. The molecule has 2 aromatic rings. The number of hydrogen-bond donors (Lipinski definition) is 1. The average molecular weight is 325 g/mol. The predicted molar refractivity (Wildman–Crippen MR) is 79.6 cm³/mol. The van der Waals surface area contributed by atoms with Crippen LogP contribution < -0.4 is 15.0 Å². The molecule has 1 aromatic carbocycles. The molecule has 0 saturated heterocycles. The van der Waals surface area contributed by atoms with Gasteiger partial charge in [0.1, 0.15) is 11.6 Å². The molecule has 5 nitrogen and oxygen atoms in total. The quantitative estimate of drug-likeness (QED) is 0.937. The minimum absolute atomic E-state index is 0.215. The summed E-state index contributed by atoms with van der Waals surface area (Å²) in [6.07, 6.45) is -3.38. The number of carbonyl (C=O) groups excluding carboxylic acids is 1. The molecule has 2 rings (SSSR count). The highest BCUT2D eigenvalue weighted by atomic mass is 19.4. The van der Waals surface area contributed by atoms with Crippen LogP contribution in [0, 0.1) is 0 Å². The van der Waals surface area contributed by atoms with Gasteiger partial charge in [-0.2, -0.15) is 0 Å². The molecule has 122 valence electrons. The summed E-state index contributed by atoms with van der Waals surface area (Å²) >= 11 is 0. The lowest BCUT2D eigenvalue weighted by molar-refractivity contribution is -0.274. The second-order valence-electron chi connectivity index (χ2n) is 4.80. The van der Waals surface area contributed by atoms with Crippen molar-refractivity contribution in [3.63, 3.8) is 0 Å². The standard InChI is InChI=1S/C15H14F3N3O2/c1-21(2)13-9-10(7-8-19-13)20-14(22)11-5-3-4-6-12(11)23-15(16,17)18/h3-9H,1-2H3,(H,19,20,22). The zero-order valence-corrected chi connectivity index (χ0v) is 12.4. The van der Waals surface area contributed by atoms with Crippen LogP contribution in [-0.4, -0.2) is 31.3 Å². The second kappa shape index (κ2) is 6.55. The summed E-state index contributed by atoms with van der Waals surface area (Å²) in [5, 5.41) is 2.53. The van der Waals surface area contributed by atoms with Crippen LogP contribution in [-0.2, 0) is 0 Å². The number of carbonyl (C=O) groups is 1. The van der Waals surface area contributed by atoms with E-state index in [-0.39, 0.29) is 5.56 Å². The highest BCUT2D eigenvalue weighted by Crippen LogP contribution is 2.27. The number of alkyl halides is 3. The van der Waals surface area contributed by atoms with Crippen LogP contribution in [0.1, 0.15) is 10.4 Å². The molecule has 1 aromatic heterocycles. The Morgan fingerprint density at radius 1 is 1.22 bits per heavy atom. The number of nitrogens with one attached hydrogen (secondary N) is 1. The minimum Gasteiger partial charge on any atom is -0.405 e. The Balaban J connectivity index is 2.23. The number of pyridine rings is 1. The molecular formula is C15H14F3N3O2. The van der Waals surface area contributed by atoms with Crippen LogP contribution in [0.4, 0.5) is 24.7 Å². The fourth-order valence-corrected chi connectivity index (χ4v) is 1.81. The first kappa shape index (κ1) is 16.6. The van der Waals surface area contributed by atoms with E-state index in [9.17, 15) is 18.0 Å². The molecule has 1 amide bonds. The van der Waals surface area contributed by atoms with Crippen LogP contribution >= 0.6 is 0 Å². The van der Waals surface area contributed by atoms with E-state index in [1.54, 1.807) is 25.1 Å². The van der Waals surface area contributed by atoms with E-state index in [1.807, 2.05) is 0 Å². The summed E-state index contributed by atoms with van der Waals surface area (Å²) in [5.74, 6) is -0.664. The maximum absolute atomic E-state index is 12.4. The predicted octanol–water partition coefficient (Wildman–Crippen LogP) is 3.30. The van der Waals surface area contributed by atoms with Crippen molar-refractivity contribution < 1.29 is 22.7 Å². The smallest absolute Gasteiger partial charge is 0.405 e. The van der Waals surface area contributed by atoms with Crippen molar-refractivity contribution in [2.24, 2.45) is 0 Å². The van der Waals surface area contributed by atoms with E-state index >= 15 is 0 Å². The highest BCUT2D eigenvalue weighted by Gasteiger charge is 2.32. The highest BCUT2D eigenvalue weighted by molar-refractivity contribution is 6.06. The van der Waals surface area contributed by atoms with E-state index in [1.165, 1.54) is 30.5 Å². The van der Waals surface area contributed by atoms with Gasteiger partial charge in [0.25, 0.3) is 5.91 Å². The maximum Gasteiger partial charge on any atom is 0.573 e. The number of anilines is 2. The van der Waals surface area contributed by atoms with Gasteiger partial charge in [-0.3, -0.25) is 4.79 Å². The Hall–Kier alpha value is -2.77. The van der Waals surface area contributed by atoms with Gasteiger partial charge < -0.3 is 15.0 Å². The van der Waals surface area contributed by atoms with Crippen molar-refractivity contribution in [2.45, 2.75) is 6.36 Å². The Bertz CT molecular complexity index is 702. The van der Waals surface area contributed by atoms with Gasteiger partial charge in [0.15, 0.2) is 0 Å². The molecule has 0 atom stereocenters. The fourth-order valence-electron chi connectivity index (χ4n) is 1.81. The summed E-state index contributed by atoms with van der Waals surface area (Å²) < 4.78 is 41.0. The Labute approximate surface area is 130 Å². The van der Waals surface area contributed by atoms with Crippen molar-refractivity contribution in [2.75, 3.05) is 24.3 Å². The molecule has 23 heavy (non-hydrogen) atoms. The molecular weight excluding hydrogens is 311 g/mol. The van der Waals surface area contributed by atoms with Gasteiger partial charge in [0.2, 0.25) is 0 Å². The number of rotatable bonds is 4. The monoisotopic (exact) mass is 325 g/mol. The third-order valence-corrected chi connectivity index (χ3v) is 2.82. The SMILES string of the molecule is CN(C)c1cc(NC(=O)c2ccccc2OC(F)(F)F)ccn1. The van der Waals surface area contributed by atoms with E-state index in [0.717, 1.165) is 6.07 Å². The Kier molecular flexibility index (Phi) is 4.73. The lowest BCUT2D eigenvalue weighted by atomic mass is 10.2. The van der Waals surface area contributed by atoms with E-state index < -0.39 is 18.0 Å². The molecule has 0 bridgehead atoms. The first-order valence-electron chi connectivity index (χ1n) is 6.56. The van der Waals surface area contributed by atoms with Crippen molar-refractivity contribution in [3.05, 3.63) is 48.2 Å². The first-order valence-corrected chi connectivity index (χ1v) is 6.56. The van der Waals surface area contributed by atoms with Gasteiger partial charge in [-0.25, -0.2) is 4.98 Å². The van der Waals surface area contributed by atoms with Crippen molar-refractivity contribution in [3.8, 4) is 5.75 Å². The molecule has 1 heterocycles. The average Bonchev–Trinajstić information content (AvgIpc) is 2.46. The zero-order valence-electron chi connectivity index (χ0n) is 12.4. The number of hydrogen-bond acceptors (Lipinski definition) is 4. The minimum atomic E-state index is -4.87. The Morgan fingerprint density at radius 2 is 1.91 bits per heavy atom. The van der Waals surface area contributed by atoms with Gasteiger partial charge in [-0.05, 0) is 18.2 Å². The van der Waals surface area contributed by atoms with Crippen molar-refractivity contribution >= 4 is 17.4 Å². The van der Waals surface area contributed by atoms with Crippen LogP contribution in [0.25, 0.3) is 0 Å². The fraction of sp³-hybridized carbons (Fsp3) is 0.200. The lowest BCUT2D eigenvalue weighted by Crippen LogP contribution is -2.21. The molecule has 0 fully saturated rings. The largest absolute Gasteiger partial charge is 0.573 e. The molecule has 0 radical (unpaired) electrons. The molecule has 0 saturated carbocycles. The van der Waals surface area contributed by atoms with Crippen LogP contribution in [0.15, 0.2) is 42.6 Å². The summed E-state index contributed by atoms with van der Waals surface area (Å²) in [6.45, 7) is 0. The van der Waals surface area contributed by atoms with Crippen LogP contribution in [0.5, 0.6) is 5.75 Å². The Morgan fingerprint density at radius 3 is 2.57 bits per heavy atom. The molecule has 1 N–H and O–H groups in total. The number of para-hydroxylation sites is 1. The summed E-state index contributed by atoms with van der Waals surface area (Å²) in [7, 11) is 3.56. The molecule has 8 heteroatoms. The topological polar surface area (TPSA) is 54.5 Å². The van der Waals surface area contributed by atoms with Crippen molar-refractivity contribution in [1.82, 2.24) is 4.98 Å². The number of halogens is 3. The number of ether oxygens (including phenoxy) is 1. The third-order valence-electron chi connectivity index (χ3n) is 2.82. The summed E-state index contributed by atoms with van der Waals surface area (Å²) in [4.78, 5) is 18.0. The second-order valence-corrected chi connectivity index (χ2v) is 4.80. The van der Waals surface area contributed by atoms with E-state index in [0.29, 0.717) is 11.5 Å². The van der Waals surface area contributed by atoms with Gasteiger partial charge >= 0.3 is 6.36 Å². The number of nitrogens with zero attached hydrogens (tertiary/aromatic N) is 2. The zero-order chi connectivity index (χ0) is 17.0. The summed E-state index contributed by atoms with van der Waals surface area (Å²) in [6, 6.07) is 8.29. The third kappa shape index (κ3) is 4.60. The van der Waals surface area contributed by atoms with Crippen molar-refractivity contribution in [1.29, 1.82) is 0 Å². The molecule has 0 aliphatic rings. The number of amides is 1. The maximum atomic E-state index is 12.4. The van der Waals surface area contributed by atoms with E-state index in [4.69, 9.17) is 0 Å². The van der Waals surface area contributed by atoms with Crippen LogP contribution in [0.3, 0.4) is 0 Å². The molecule has 0 aliphatic heterocycles. The van der Waals surface area contributed by atoms with E-state index in [2.05, 4.69) is 15.0 Å². The van der Waals surface area contributed by atoms with Gasteiger partial charge in [0.05, 0.1) is 5.56 Å².